The molecule has 2 atom stereocenters. The van der Waals surface area contributed by atoms with Crippen LogP contribution in [0.4, 0.5) is 0 Å². The zero-order valence-corrected chi connectivity index (χ0v) is 11.2. The first-order chi connectivity index (χ1) is 8.04. The fourth-order valence-corrected chi connectivity index (χ4v) is 2.78. The van der Waals surface area contributed by atoms with E-state index >= 15 is 0 Å². The van der Waals surface area contributed by atoms with E-state index in [0.717, 1.165) is 39.0 Å². The first-order valence-corrected chi connectivity index (χ1v) is 6.48. The van der Waals surface area contributed by atoms with Crippen LogP contribution in [-0.4, -0.2) is 49.3 Å². The van der Waals surface area contributed by atoms with E-state index in [2.05, 4.69) is 11.8 Å². The van der Waals surface area contributed by atoms with Gasteiger partial charge < -0.3 is 14.7 Å². The topological polar surface area (TPSA) is 49.8 Å². The lowest BCUT2D eigenvalue weighted by molar-refractivity contribution is -0.153. The fraction of sp³-hybridized carbons (Fsp3) is 0.923. The summed E-state index contributed by atoms with van der Waals surface area (Å²) in [6, 6.07) is 0. The van der Waals surface area contributed by atoms with E-state index < -0.39 is 11.4 Å². The van der Waals surface area contributed by atoms with Crippen molar-refractivity contribution >= 4 is 5.97 Å². The van der Waals surface area contributed by atoms with Gasteiger partial charge in [-0.25, -0.2) is 0 Å². The highest BCUT2D eigenvalue weighted by molar-refractivity contribution is 5.75. The van der Waals surface area contributed by atoms with Gasteiger partial charge >= 0.3 is 5.97 Å². The molecule has 1 rings (SSSR count). The fourth-order valence-electron chi connectivity index (χ4n) is 2.78. The van der Waals surface area contributed by atoms with Gasteiger partial charge in [-0.2, -0.15) is 0 Å². The smallest absolute Gasteiger partial charge is 0.310 e. The molecule has 2 unspecified atom stereocenters. The van der Waals surface area contributed by atoms with E-state index in [1.807, 2.05) is 6.92 Å². The third-order valence-corrected chi connectivity index (χ3v) is 3.81. The van der Waals surface area contributed by atoms with Gasteiger partial charge in [-0.3, -0.25) is 4.79 Å². The number of aliphatic carboxylic acids is 1. The maximum atomic E-state index is 11.4. The van der Waals surface area contributed by atoms with Gasteiger partial charge in [0.25, 0.3) is 0 Å². The maximum absolute atomic E-state index is 11.4. The lowest BCUT2D eigenvalue weighted by Gasteiger charge is -2.40. The highest BCUT2D eigenvalue weighted by atomic mass is 16.5. The number of methoxy groups -OCH3 is 1. The lowest BCUT2D eigenvalue weighted by atomic mass is 9.77. The van der Waals surface area contributed by atoms with E-state index in [0.29, 0.717) is 12.5 Å². The van der Waals surface area contributed by atoms with Crippen LogP contribution in [0.1, 0.15) is 33.1 Å². The standard InChI is InChI=1S/C13H25NO3/c1-4-13(12(15)16)6-5-7-14(10-13)8-11(2)9-17-3/h11H,4-10H2,1-3H3,(H,15,16). The molecule has 1 N–H and O–H groups in total. The number of likely N-dealkylation sites (tertiary alicyclic amines) is 1. The second kappa shape index (κ2) is 6.36. The predicted octanol–water partition coefficient (Wildman–Crippen LogP) is 1.85. The highest BCUT2D eigenvalue weighted by Crippen LogP contribution is 2.33. The summed E-state index contributed by atoms with van der Waals surface area (Å²) in [6.07, 6.45) is 2.52. The minimum absolute atomic E-state index is 0.460. The quantitative estimate of drug-likeness (QED) is 0.773. The number of ether oxygens (including phenoxy) is 1. The zero-order chi connectivity index (χ0) is 12.9. The third-order valence-electron chi connectivity index (χ3n) is 3.81. The highest BCUT2D eigenvalue weighted by Gasteiger charge is 2.40. The predicted molar refractivity (Wildman–Crippen MR) is 67.1 cm³/mol. The van der Waals surface area contributed by atoms with E-state index in [9.17, 15) is 9.90 Å². The van der Waals surface area contributed by atoms with Gasteiger partial charge in [0.1, 0.15) is 0 Å². The average molecular weight is 243 g/mol. The summed E-state index contributed by atoms with van der Waals surface area (Å²) in [6.45, 7) is 7.50. The molecule has 1 fully saturated rings. The molecule has 4 nitrogen and oxygen atoms in total. The molecule has 0 aliphatic carbocycles. The lowest BCUT2D eigenvalue weighted by Crippen LogP contribution is -2.48. The maximum Gasteiger partial charge on any atom is 0.310 e. The van der Waals surface area contributed by atoms with Crippen molar-refractivity contribution < 1.29 is 14.6 Å². The minimum Gasteiger partial charge on any atom is -0.481 e. The number of carboxylic acid groups (broad SMARTS) is 1. The molecule has 0 amide bonds. The van der Waals surface area contributed by atoms with Crippen LogP contribution in [0.15, 0.2) is 0 Å². The number of rotatable bonds is 6. The van der Waals surface area contributed by atoms with Gasteiger partial charge in [0.2, 0.25) is 0 Å². The van der Waals surface area contributed by atoms with Crippen LogP contribution in [0.5, 0.6) is 0 Å². The molecule has 0 radical (unpaired) electrons. The molecule has 1 saturated heterocycles. The second-order valence-electron chi connectivity index (χ2n) is 5.34. The molecular formula is C13H25NO3. The van der Waals surface area contributed by atoms with Crippen LogP contribution < -0.4 is 0 Å². The molecule has 100 valence electrons. The Balaban J connectivity index is 2.56. The zero-order valence-electron chi connectivity index (χ0n) is 11.2. The van der Waals surface area contributed by atoms with Gasteiger partial charge in [-0.15, -0.1) is 0 Å². The molecule has 17 heavy (non-hydrogen) atoms. The molecule has 0 aromatic rings. The van der Waals surface area contributed by atoms with Crippen LogP contribution in [0.3, 0.4) is 0 Å². The minimum atomic E-state index is -0.635. The summed E-state index contributed by atoms with van der Waals surface area (Å²) in [7, 11) is 1.71. The number of hydrogen-bond donors (Lipinski definition) is 1. The van der Waals surface area contributed by atoms with Crippen molar-refractivity contribution in [2.75, 3.05) is 33.4 Å². The Hall–Kier alpha value is -0.610. The number of hydrogen-bond acceptors (Lipinski definition) is 3. The summed E-state index contributed by atoms with van der Waals surface area (Å²) in [4.78, 5) is 13.7. The van der Waals surface area contributed by atoms with Gasteiger partial charge in [-0.05, 0) is 31.7 Å². The van der Waals surface area contributed by atoms with Crippen LogP contribution in [-0.2, 0) is 9.53 Å². The molecule has 0 saturated carbocycles. The van der Waals surface area contributed by atoms with Gasteiger partial charge in [0.15, 0.2) is 0 Å². The Morgan fingerprint density at radius 2 is 2.29 bits per heavy atom. The largest absolute Gasteiger partial charge is 0.481 e. The number of piperidine rings is 1. The normalized spacial score (nSPS) is 27.9. The van der Waals surface area contributed by atoms with Gasteiger partial charge in [-0.1, -0.05) is 13.8 Å². The van der Waals surface area contributed by atoms with E-state index in [1.54, 1.807) is 7.11 Å². The summed E-state index contributed by atoms with van der Waals surface area (Å²) in [5.41, 5.74) is -0.523. The molecule has 1 heterocycles. The summed E-state index contributed by atoms with van der Waals surface area (Å²) in [5, 5.41) is 9.39. The Labute approximate surface area is 104 Å². The molecule has 0 aromatic heterocycles. The van der Waals surface area contributed by atoms with Crippen molar-refractivity contribution in [1.82, 2.24) is 4.90 Å². The Bertz CT molecular complexity index is 257. The number of carboxylic acids is 1. The SMILES string of the molecule is CCC1(C(=O)O)CCCN(CC(C)COC)C1. The molecule has 4 heteroatoms. The molecule has 1 aliphatic heterocycles. The van der Waals surface area contributed by atoms with Crippen molar-refractivity contribution in [2.45, 2.75) is 33.1 Å². The van der Waals surface area contributed by atoms with E-state index in [1.165, 1.54) is 0 Å². The van der Waals surface area contributed by atoms with Crippen LogP contribution in [0.2, 0.25) is 0 Å². The van der Waals surface area contributed by atoms with Crippen molar-refractivity contribution in [3.05, 3.63) is 0 Å². The van der Waals surface area contributed by atoms with Crippen molar-refractivity contribution in [3.8, 4) is 0 Å². The Morgan fingerprint density at radius 3 is 2.82 bits per heavy atom. The monoisotopic (exact) mass is 243 g/mol. The molecule has 0 bridgehead atoms. The number of nitrogens with zero attached hydrogens (tertiary/aromatic N) is 1. The first kappa shape index (κ1) is 14.5. The van der Waals surface area contributed by atoms with E-state index in [-0.39, 0.29) is 0 Å². The van der Waals surface area contributed by atoms with Crippen LogP contribution in [0, 0.1) is 11.3 Å². The molecular weight excluding hydrogens is 218 g/mol. The number of carbonyl (C=O) groups is 1. The van der Waals surface area contributed by atoms with Gasteiger partial charge in [0.05, 0.1) is 5.41 Å². The average Bonchev–Trinajstić information content (AvgIpc) is 2.29. The van der Waals surface area contributed by atoms with Gasteiger partial charge in [0, 0.05) is 26.8 Å². The van der Waals surface area contributed by atoms with Crippen molar-refractivity contribution in [2.24, 2.45) is 11.3 Å². The first-order valence-electron chi connectivity index (χ1n) is 6.48. The van der Waals surface area contributed by atoms with Crippen LogP contribution in [0.25, 0.3) is 0 Å². The molecule has 1 aliphatic rings. The molecule has 0 spiro atoms. The summed E-state index contributed by atoms with van der Waals surface area (Å²) in [5.74, 6) is -0.175. The Kier molecular flexibility index (Phi) is 5.40. The third kappa shape index (κ3) is 3.68. The summed E-state index contributed by atoms with van der Waals surface area (Å²) < 4.78 is 5.13. The summed E-state index contributed by atoms with van der Waals surface area (Å²) >= 11 is 0. The van der Waals surface area contributed by atoms with Crippen molar-refractivity contribution in [3.63, 3.8) is 0 Å². The van der Waals surface area contributed by atoms with Crippen molar-refractivity contribution in [1.29, 1.82) is 0 Å². The van der Waals surface area contributed by atoms with E-state index in [4.69, 9.17) is 4.74 Å². The second-order valence-corrected chi connectivity index (χ2v) is 5.34. The van der Waals surface area contributed by atoms with Crippen LogP contribution >= 0.6 is 0 Å². The Morgan fingerprint density at radius 1 is 1.59 bits per heavy atom. The molecule has 0 aromatic carbocycles.